The highest BCUT2D eigenvalue weighted by Gasteiger charge is 2.30. The quantitative estimate of drug-likeness (QED) is 0.282. The maximum absolute atomic E-state index is 6.43. The number of hydrogen-bond acceptors (Lipinski definition) is 8. The fourth-order valence-electron chi connectivity index (χ4n) is 6.32. The van der Waals surface area contributed by atoms with Gasteiger partial charge in [0, 0.05) is 35.8 Å². The van der Waals surface area contributed by atoms with Crippen molar-refractivity contribution in [2.45, 2.75) is 51.6 Å². The molecular formula is C30H35N9O. The molecule has 0 unspecified atom stereocenters. The highest BCUT2D eigenvalue weighted by molar-refractivity contribution is 6.01. The minimum Gasteiger partial charge on any atom is -0.383 e. The lowest BCUT2D eigenvalue weighted by Crippen LogP contribution is -2.45. The number of nitrogens with zero attached hydrogens (tertiary/aromatic N) is 6. The first-order valence-electron chi connectivity index (χ1n) is 14.2. The Morgan fingerprint density at radius 2 is 1.77 bits per heavy atom. The van der Waals surface area contributed by atoms with Gasteiger partial charge in [-0.1, -0.05) is 18.2 Å². The second-order valence-electron chi connectivity index (χ2n) is 11.1. The number of ether oxygens (including phenoxy) is 1. The molecule has 206 valence electrons. The van der Waals surface area contributed by atoms with Crippen LogP contribution in [0.25, 0.3) is 33.2 Å². The molecule has 5 aromatic rings. The largest absolute Gasteiger partial charge is 0.383 e. The molecule has 2 aromatic carbocycles. The van der Waals surface area contributed by atoms with E-state index in [1.165, 1.54) is 11.1 Å². The highest BCUT2D eigenvalue weighted by Crippen LogP contribution is 2.38. The topological polar surface area (TPSA) is 123 Å². The summed E-state index contributed by atoms with van der Waals surface area (Å²) in [6, 6.07) is 13.5. The van der Waals surface area contributed by atoms with Gasteiger partial charge in [-0.25, -0.2) is 14.6 Å². The molecule has 1 aliphatic heterocycles. The van der Waals surface area contributed by atoms with Gasteiger partial charge in [-0.05, 0) is 68.9 Å². The van der Waals surface area contributed by atoms with E-state index in [2.05, 4.69) is 85.3 Å². The van der Waals surface area contributed by atoms with E-state index in [4.69, 9.17) is 15.6 Å². The second kappa shape index (κ2) is 10.2. The maximum atomic E-state index is 6.43. The van der Waals surface area contributed by atoms with Crippen molar-refractivity contribution in [1.29, 1.82) is 0 Å². The van der Waals surface area contributed by atoms with E-state index in [-0.39, 0.29) is 6.04 Å². The second-order valence-corrected chi connectivity index (χ2v) is 11.1. The molecule has 0 bridgehead atoms. The molecule has 10 nitrogen and oxygen atoms in total. The van der Waals surface area contributed by atoms with Gasteiger partial charge in [0.1, 0.15) is 17.8 Å². The lowest BCUT2D eigenvalue weighted by atomic mass is 9.90. The molecule has 0 radical (unpaired) electrons. The fraction of sp³-hybridized carbons (Fsp3) is 0.400. The first kappa shape index (κ1) is 25.0. The number of H-pyrrole nitrogens is 1. The Morgan fingerprint density at radius 1 is 0.975 bits per heavy atom. The summed E-state index contributed by atoms with van der Waals surface area (Å²) >= 11 is 0. The van der Waals surface area contributed by atoms with Crippen LogP contribution < -0.4 is 11.1 Å². The summed E-state index contributed by atoms with van der Waals surface area (Å²) in [5.41, 5.74) is 13.4. The summed E-state index contributed by atoms with van der Waals surface area (Å²) < 4.78 is 7.66. The van der Waals surface area contributed by atoms with Crippen LogP contribution in [0.15, 0.2) is 42.7 Å². The van der Waals surface area contributed by atoms with Crippen LogP contribution in [-0.4, -0.2) is 67.2 Å². The Morgan fingerprint density at radius 3 is 2.60 bits per heavy atom. The molecule has 0 atom stereocenters. The van der Waals surface area contributed by atoms with Crippen molar-refractivity contribution in [3.8, 4) is 11.3 Å². The van der Waals surface area contributed by atoms with Gasteiger partial charge >= 0.3 is 0 Å². The first-order chi connectivity index (χ1) is 19.5. The maximum Gasteiger partial charge on any atom is 0.164 e. The number of nitrogen functional groups attached to an aromatic ring is 1. The molecule has 1 saturated heterocycles. The molecular weight excluding hydrogens is 502 g/mol. The minimum atomic E-state index is 0.284. The minimum absolute atomic E-state index is 0.284. The predicted octanol–water partition coefficient (Wildman–Crippen LogP) is 5.13. The molecule has 4 N–H and O–H groups in total. The van der Waals surface area contributed by atoms with Crippen molar-refractivity contribution in [2.75, 3.05) is 37.4 Å². The van der Waals surface area contributed by atoms with Gasteiger partial charge in [-0.15, -0.1) is 0 Å². The van der Waals surface area contributed by atoms with E-state index < -0.39 is 0 Å². The van der Waals surface area contributed by atoms with Gasteiger partial charge in [-0.2, -0.15) is 10.2 Å². The van der Waals surface area contributed by atoms with Crippen LogP contribution in [0.2, 0.25) is 0 Å². The van der Waals surface area contributed by atoms with Crippen LogP contribution in [0.4, 0.5) is 17.3 Å². The van der Waals surface area contributed by atoms with Gasteiger partial charge in [0.15, 0.2) is 11.5 Å². The summed E-state index contributed by atoms with van der Waals surface area (Å²) in [4.78, 5) is 11.6. The normalized spacial score (nSPS) is 20.4. The monoisotopic (exact) mass is 537 g/mol. The van der Waals surface area contributed by atoms with E-state index in [1.54, 1.807) is 6.33 Å². The van der Waals surface area contributed by atoms with Crippen molar-refractivity contribution in [3.63, 3.8) is 0 Å². The lowest BCUT2D eigenvalue weighted by molar-refractivity contribution is 0.00520. The summed E-state index contributed by atoms with van der Waals surface area (Å²) in [6.45, 7) is 7.93. The van der Waals surface area contributed by atoms with Crippen LogP contribution in [-0.2, 0) is 4.74 Å². The SMILES string of the molecule is Cc1ccc(C)c(Nc2n[nH]c3cc(-c4nn(C5CCC(N6CCOCC6)CC5)c5ncnc(N)c45)ccc23)c1. The predicted molar refractivity (Wildman–Crippen MR) is 158 cm³/mol. The van der Waals surface area contributed by atoms with E-state index in [1.807, 2.05) is 0 Å². The van der Waals surface area contributed by atoms with Gasteiger partial charge in [0.2, 0.25) is 0 Å². The van der Waals surface area contributed by atoms with Crippen LogP contribution in [0.5, 0.6) is 0 Å². The summed E-state index contributed by atoms with van der Waals surface area (Å²) in [7, 11) is 0. The Kier molecular flexibility index (Phi) is 6.36. The first-order valence-corrected chi connectivity index (χ1v) is 14.2. The van der Waals surface area contributed by atoms with Crippen LogP contribution in [0.3, 0.4) is 0 Å². The Hall–Kier alpha value is -4.02. The third-order valence-electron chi connectivity index (χ3n) is 8.57. The third-order valence-corrected chi connectivity index (χ3v) is 8.57. The zero-order valence-electron chi connectivity index (χ0n) is 23.0. The third kappa shape index (κ3) is 4.47. The summed E-state index contributed by atoms with van der Waals surface area (Å²) in [5, 5.41) is 18.2. The number of hydrogen-bond donors (Lipinski definition) is 3. The van der Waals surface area contributed by atoms with Crippen LogP contribution in [0, 0.1) is 13.8 Å². The lowest BCUT2D eigenvalue weighted by Gasteiger charge is -2.38. The number of rotatable bonds is 5. The number of aromatic amines is 1. The molecule has 1 saturated carbocycles. The number of anilines is 3. The van der Waals surface area contributed by atoms with Crippen LogP contribution >= 0.6 is 0 Å². The Balaban J connectivity index is 1.20. The molecule has 10 heteroatoms. The van der Waals surface area contributed by atoms with Crippen molar-refractivity contribution >= 4 is 39.3 Å². The number of fused-ring (bicyclic) bond motifs is 2. The smallest absolute Gasteiger partial charge is 0.164 e. The van der Waals surface area contributed by atoms with Gasteiger partial charge in [0.05, 0.1) is 30.2 Å². The summed E-state index contributed by atoms with van der Waals surface area (Å²) in [6.07, 6.45) is 5.98. The molecule has 7 rings (SSSR count). The van der Waals surface area contributed by atoms with Crippen molar-refractivity contribution in [3.05, 3.63) is 53.9 Å². The Labute approximate surface area is 232 Å². The highest BCUT2D eigenvalue weighted by atomic mass is 16.5. The van der Waals surface area contributed by atoms with E-state index >= 15 is 0 Å². The van der Waals surface area contributed by atoms with E-state index in [0.717, 1.165) is 96.7 Å². The molecule has 2 fully saturated rings. The number of nitrogens with one attached hydrogen (secondary N) is 2. The summed E-state index contributed by atoms with van der Waals surface area (Å²) in [5.74, 6) is 1.25. The van der Waals surface area contributed by atoms with E-state index in [9.17, 15) is 0 Å². The van der Waals surface area contributed by atoms with Crippen molar-refractivity contribution in [2.24, 2.45) is 0 Å². The van der Waals surface area contributed by atoms with Crippen molar-refractivity contribution in [1.82, 2.24) is 34.8 Å². The van der Waals surface area contributed by atoms with E-state index in [0.29, 0.717) is 11.9 Å². The van der Waals surface area contributed by atoms with Crippen LogP contribution in [0.1, 0.15) is 42.9 Å². The standard InChI is InChI=1S/C30H35N9O/c1-18-3-4-19(2)24(15-18)34-29-23-10-5-20(16-25(23)35-36-29)27-26-28(31)32-17-33-30(26)39(37-27)22-8-6-21(7-9-22)38-11-13-40-14-12-38/h3-5,10,15-17,21-22H,6-9,11-14H2,1-2H3,(H2,31,32,33)(H2,34,35,36). The zero-order valence-corrected chi connectivity index (χ0v) is 23.0. The molecule has 2 aliphatic rings. The molecule has 1 aliphatic carbocycles. The van der Waals surface area contributed by atoms with Gasteiger partial charge < -0.3 is 15.8 Å². The number of aromatic nitrogens is 6. The van der Waals surface area contributed by atoms with Gasteiger partial charge in [0.25, 0.3) is 0 Å². The number of benzene rings is 2. The van der Waals surface area contributed by atoms with Gasteiger partial charge in [-0.3, -0.25) is 10.00 Å². The number of nitrogens with two attached hydrogens (primary N) is 1. The molecule has 0 amide bonds. The molecule has 4 heterocycles. The fourth-order valence-corrected chi connectivity index (χ4v) is 6.32. The molecule has 0 spiro atoms. The molecule has 40 heavy (non-hydrogen) atoms. The Bertz CT molecular complexity index is 1680. The number of aryl methyl sites for hydroxylation is 2. The molecule has 3 aromatic heterocycles. The number of morpholine rings is 1. The zero-order chi connectivity index (χ0) is 27.2. The average molecular weight is 538 g/mol. The van der Waals surface area contributed by atoms with Crippen molar-refractivity contribution < 1.29 is 4.74 Å². The average Bonchev–Trinajstić information content (AvgIpc) is 3.58.